The molecule has 5 heteroatoms. The van der Waals surface area contributed by atoms with E-state index in [0.717, 1.165) is 0 Å². The van der Waals surface area contributed by atoms with Crippen LogP contribution in [0.1, 0.15) is 20.3 Å². The molecule has 0 spiro atoms. The second-order valence-electron chi connectivity index (χ2n) is 3.88. The predicted octanol–water partition coefficient (Wildman–Crippen LogP) is 3.47. The van der Waals surface area contributed by atoms with Gasteiger partial charge in [0.2, 0.25) is 5.91 Å². The van der Waals surface area contributed by atoms with Gasteiger partial charge in [0.1, 0.15) is 11.2 Å². The molecular weight excluding hydrogens is 287 g/mol. The van der Waals surface area contributed by atoms with Crippen molar-refractivity contribution in [3.8, 4) is 6.07 Å². The molecule has 1 aromatic carbocycles. The SMILES string of the molecule is CCC(C)(C#N)C(=O)Nc1ccc(F)c(Br)c1. The molecule has 17 heavy (non-hydrogen) atoms. The molecule has 0 saturated carbocycles. The van der Waals surface area contributed by atoms with E-state index in [1.54, 1.807) is 13.8 Å². The van der Waals surface area contributed by atoms with Crippen LogP contribution in [0.15, 0.2) is 22.7 Å². The summed E-state index contributed by atoms with van der Waals surface area (Å²) in [5, 5.41) is 11.5. The molecule has 0 fully saturated rings. The van der Waals surface area contributed by atoms with Crippen LogP contribution in [-0.4, -0.2) is 5.91 Å². The molecule has 0 aliphatic carbocycles. The van der Waals surface area contributed by atoms with E-state index in [2.05, 4.69) is 21.2 Å². The number of nitrogens with one attached hydrogen (secondary N) is 1. The van der Waals surface area contributed by atoms with Crippen LogP contribution in [0.3, 0.4) is 0 Å². The third kappa shape index (κ3) is 3.04. The molecule has 1 aromatic rings. The quantitative estimate of drug-likeness (QED) is 0.929. The Morgan fingerprint density at radius 1 is 1.65 bits per heavy atom. The fraction of sp³-hybridized carbons (Fsp3) is 0.333. The second kappa shape index (κ2) is 5.28. The van der Waals surface area contributed by atoms with Gasteiger partial charge in [-0.3, -0.25) is 4.79 Å². The number of anilines is 1. The summed E-state index contributed by atoms with van der Waals surface area (Å²) in [5.74, 6) is -0.789. The Balaban J connectivity index is 2.89. The van der Waals surface area contributed by atoms with Crippen molar-refractivity contribution in [2.75, 3.05) is 5.32 Å². The Hall–Kier alpha value is -1.41. The van der Waals surface area contributed by atoms with Crippen molar-refractivity contribution >= 4 is 27.5 Å². The predicted molar refractivity (Wildman–Crippen MR) is 66.7 cm³/mol. The van der Waals surface area contributed by atoms with E-state index in [0.29, 0.717) is 12.1 Å². The fourth-order valence-electron chi connectivity index (χ4n) is 1.13. The van der Waals surface area contributed by atoms with E-state index < -0.39 is 11.2 Å². The van der Waals surface area contributed by atoms with Gasteiger partial charge in [0.15, 0.2) is 0 Å². The highest BCUT2D eigenvalue weighted by atomic mass is 79.9. The van der Waals surface area contributed by atoms with Crippen molar-refractivity contribution in [1.82, 2.24) is 0 Å². The lowest BCUT2D eigenvalue weighted by Gasteiger charge is -2.18. The van der Waals surface area contributed by atoms with Crippen molar-refractivity contribution in [2.45, 2.75) is 20.3 Å². The minimum atomic E-state index is -1.07. The Labute approximate surface area is 108 Å². The molecule has 0 saturated heterocycles. The summed E-state index contributed by atoms with van der Waals surface area (Å²) in [6.07, 6.45) is 0.414. The van der Waals surface area contributed by atoms with Gasteiger partial charge in [-0.2, -0.15) is 5.26 Å². The van der Waals surface area contributed by atoms with Crippen LogP contribution >= 0.6 is 15.9 Å². The zero-order valence-corrected chi connectivity index (χ0v) is 11.1. The van der Waals surface area contributed by atoms with Crippen LogP contribution in [0.2, 0.25) is 0 Å². The van der Waals surface area contributed by atoms with Gasteiger partial charge < -0.3 is 5.32 Å². The summed E-state index contributed by atoms with van der Waals surface area (Å²) in [5.41, 5.74) is -0.612. The number of nitriles is 1. The van der Waals surface area contributed by atoms with Crippen LogP contribution < -0.4 is 5.32 Å². The van der Waals surface area contributed by atoms with Crippen LogP contribution in [0.5, 0.6) is 0 Å². The van der Waals surface area contributed by atoms with E-state index in [1.807, 2.05) is 6.07 Å². The van der Waals surface area contributed by atoms with Gasteiger partial charge in [0.25, 0.3) is 0 Å². The first-order valence-electron chi connectivity index (χ1n) is 5.10. The molecule has 1 rings (SSSR count). The fourth-order valence-corrected chi connectivity index (χ4v) is 1.51. The molecular formula is C12H12BrFN2O. The largest absolute Gasteiger partial charge is 0.325 e. The summed E-state index contributed by atoms with van der Waals surface area (Å²) < 4.78 is 13.3. The van der Waals surface area contributed by atoms with Gasteiger partial charge in [0.05, 0.1) is 10.5 Å². The maximum absolute atomic E-state index is 13.0. The molecule has 0 bridgehead atoms. The number of hydrogen-bond donors (Lipinski definition) is 1. The summed E-state index contributed by atoms with van der Waals surface area (Å²) in [7, 11) is 0. The number of rotatable bonds is 3. The molecule has 3 nitrogen and oxygen atoms in total. The number of benzene rings is 1. The van der Waals surface area contributed by atoms with E-state index in [4.69, 9.17) is 5.26 Å². The van der Waals surface area contributed by atoms with Crippen molar-refractivity contribution < 1.29 is 9.18 Å². The zero-order valence-electron chi connectivity index (χ0n) is 9.55. The minimum Gasteiger partial charge on any atom is -0.325 e. The van der Waals surface area contributed by atoms with Crippen LogP contribution in [0.4, 0.5) is 10.1 Å². The van der Waals surface area contributed by atoms with E-state index in [-0.39, 0.29) is 10.4 Å². The number of nitrogens with zero attached hydrogens (tertiary/aromatic N) is 1. The molecule has 1 unspecified atom stereocenters. The highest BCUT2D eigenvalue weighted by Gasteiger charge is 2.31. The Morgan fingerprint density at radius 3 is 2.76 bits per heavy atom. The first kappa shape index (κ1) is 13.7. The van der Waals surface area contributed by atoms with Gasteiger partial charge >= 0.3 is 0 Å². The third-order valence-electron chi connectivity index (χ3n) is 2.63. The van der Waals surface area contributed by atoms with Gasteiger partial charge in [-0.25, -0.2) is 4.39 Å². The van der Waals surface area contributed by atoms with Crippen LogP contribution in [-0.2, 0) is 4.79 Å². The molecule has 0 aliphatic heterocycles. The van der Waals surface area contributed by atoms with Crippen molar-refractivity contribution in [3.05, 3.63) is 28.5 Å². The monoisotopic (exact) mass is 298 g/mol. The van der Waals surface area contributed by atoms with Crippen molar-refractivity contribution in [1.29, 1.82) is 5.26 Å². The molecule has 0 aromatic heterocycles. The number of hydrogen-bond acceptors (Lipinski definition) is 2. The first-order chi connectivity index (χ1) is 7.92. The summed E-state index contributed by atoms with van der Waals surface area (Å²) >= 11 is 3.03. The van der Waals surface area contributed by atoms with E-state index in [9.17, 15) is 9.18 Å². The highest BCUT2D eigenvalue weighted by molar-refractivity contribution is 9.10. The number of halogens is 2. The molecule has 0 heterocycles. The molecule has 0 radical (unpaired) electrons. The number of carbonyl (C=O) groups is 1. The van der Waals surface area contributed by atoms with E-state index >= 15 is 0 Å². The van der Waals surface area contributed by atoms with Crippen molar-refractivity contribution in [3.63, 3.8) is 0 Å². The molecule has 1 atom stereocenters. The number of carbonyl (C=O) groups excluding carboxylic acids is 1. The average Bonchev–Trinajstić information content (AvgIpc) is 2.32. The third-order valence-corrected chi connectivity index (χ3v) is 3.24. The van der Waals surface area contributed by atoms with Crippen LogP contribution in [0.25, 0.3) is 0 Å². The van der Waals surface area contributed by atoms with E-state index in [1.165, 1.54) is 18.2 Å². The normalized spacial score (nSPS) is 13.6. The average molecular weight is 299 g/mol. The molecule has 1 N–H and O–H groups in total. The summed E-state index contributed by atoms with van der Waals surface area (Å²) in [6, 6.07) is 6.13. The molecule has 1 amide bonds. The smallest absolute Gasteiger partial charge is 0.244 e. The Morgan fingerprint density at radius 2 is 2.29 bits per heavy atom. The lowest BCUT2D eigenvalue weighted by atomic mass is 9.88. The van der Waals surface area contributed by atoms with Crippen molar-refractivity contribution in [2.24, 2.45) is 5.41 Å². The zero-order chi connectivity index (χ0) is 13.1. The van der Waals surface area contributed by atoms with Gasteiger partial charge in [-0.05, 0) is 47.5 Å². The first-order valence-corrected chi connectivity index (χ1v) is 5.90. The Kier molecular flexibility index (Phi) is 4.24. The standard InChI is InChI=1S/C12H12BrFN2O/c1-3-12(2,7-15)11(17)16-8-4-5-10(14)9(13)6-8/h4-6H,3H2,1-2H3,(H,16,17). The van der Waals surface area contributed by atoms with Gasteiger partial charge in [0, 0.05) is 5.69 Å². The summed E-state index contributed by atoms with van der Waals surface area (Å²) in [6.45, 7) is 3.34. The van der Waals surface area contributed by atoms with Gasteiger partial charge in [-0.15, -0.1) is 0 Å². The van der Waals surface area contributed by atoms with Gasteiger partial charge in [-0.1, -0.05) is 6.92 Å². The maximum Gasteiger partial charge on any atom is 0.244 e. The second-order valence-corrected chi connectivity index (χ2v) is 4.73. The topological polar surface area (TPSA) is 52.9 Å². The highest BCUT2D eigenvalue weighted by Crippen LogP contribution is 2.24. The van der Waals surface area contributed by atoms with Crippen LogP contribution in [0, 0.1) is 22.6 Å². The minimum absolute atomic E-state index is 0.269. The number of amides is 1. The lowest BCUT2D eigenvalue weighted by Crippen LogP contribution is -2.31. The molecule has 90 valence electrons. The lowest BCUT2D eigenvalue weighted by molar-refractivity contribution is -0.122. The maximum atomic E-state index is 13.0. The Bertz CT molecular complexity index is 484. The molecule has 0 aliphatic rings. The summed E-state index contributed by atoms with van der Waals surface area (Å²) in [4.78, 5) is 11.9.